The van der Waals surface area contributed by atoms with Crippen molar-refractivity contribution in [2.24, 2.45) is 5.92 Å². The molecule has 3 rings (SSSR count). The molecule has 1 N–H and O–H groups in total. The van der Waals surface area contributed by atoms with Gasteiger partial charge >= 0.3 is 0 Å². The summed E-state index contributed by atoms with van der Waals surface area (Å²) in [7, 11) is 2.04. The molecule has 2 aromatic heterocycles. The molecule has 7 heteroatoms. The third kappa shape index (κ3) is 4.96. The Kier molecular flexibility index (Phi) is 8.43. The Labute approximate surface area is 148 Å². The van der Waals surface area contributed by atoms with Gasteiger partial charge in [0.2, 0.25) is 5.89 Å². The van der Waals surface area contributed by atoms with Gasteiger partial charge in [0.25, 0.3) is 0 Å². The zero-order chi connectivity index (χ0) is 13.8. The van der Waals surface area contributed by atoms with Crippen LogP contribution in [0.4, 0.5) is 0 Å². The molecule has 22 heavy (non-hydrogen) atoms. The zero-order valence-corrected chi connectivity index (χ0v) is 15.1. The van der Waals surface area contributed by atoms with E-state index in [0.717, 1.165) is 48.6 Å². The highest BCUT2D eigenvalue weighted by Crippen LogP contribution is 2.24. The van der Waals surface area contributed by atoms with Gasteiger partial charge in [-0.15, -0.1) is 36.2 Å². The molecule has 0 spiro atoms. The second kappa shape index (κ2) is 9.53. The van der Waals surface area contributed by atoms with Crippen LogP contribution in [0.2, 0.25) is 0 Å². The van der Waals surface area contributed by atoms with Crippen molar-refractivity contribution < 1.29 is 4.42 Å². The third-order valence-electron chi connectivity index (χ3n) is 3.87. The summed E-state index contributed by atoms with van der Waals surface area (Å²) in [6.07, 6.45) is 4.35. The van der Waals surface area contributed by atoms with Gasteiger partial charge in [-0.3, -0.25) is 4.90 Å². The van der Waals surface area contributed by atoms with Gasteiger partial charge in [0, 0.05) is 6.54 Å². The summed E-state index contributed by atoms with van der Waals surface area (Å²) < 4.78 is 5.57. The van der Waals surface area contributed by atoms with Gasteiger partial charge in [-0.05, 0) is 56.9 Å². The fraction of sp³-hybridized carbons (Fsp3) is 0.533. The topological polar surface area (TPSA) is 41.3 Å². The Morgan fingerprint density at radius 3 is 2.77 bits per heavy atom. The molecule has 124 valence electrons. The predicted octanol–water partition coefficient (Wildman–Crippen LogP) is 3.68. The minimum Gasteiger partial charge on any atom is -0.444 e. The maximum absolute atomic E-state index is 5.57. The molecule has 0 saturated carbocycles. The first-order chi connectivity index (χ1) is 9.85. The number of hydrogen-bond donors (Lipinski definition) is 1. The fourth-order valence-corrected chi connectivity index (χ4v) is 3.41. The molecule has 1 aliphatic rings. The lowest BCUT2D eigenvalue weighted by atomic mass is 9.97. The molecule has 0 amide bonds. The summed E-state index contributed by atoms with van der Waals surface area (Å²) in [5.74, 6) is 1.58. The van der Waals surface area contributed by atoms with Crippen LogP contribution < -0.4 is 5.32 Å². The summed E-state index contributed by atoms with van der Waals surface area (Å²) in [6, 6.07) is 4.07. The molecule has 0 aliphatic carbocycles. The summed E-state index contributed by atoms with van der Waals surface area (Å²) in [6.45, 7) is 4.36. The lowest BCUT2D eigenvalue weighted by Crippen LogP contribution is -2.36. The fourth-order valence-electron chi connectivity index (χ4n) is 2.76. The van der Waals surface area contributed by atoms with Crippen molar-refractivity contribution in [3.8, 4) is 10.8 Å². The number of nitrogens with one attached hydrogen (secondary N) is 1. The largest absolute Gasteiger partial charge is 0.444 e. The number of rotatable bonds is 5. The molecule has 0 bridgehead atoms. The number of piperidine rings is 1. The zero-order valence-electron chi connectivity index (χ0n) is 12.7. The number of halogens is 2. The quantitative estimate of drug-likeness (QED) is 0.879. The smallest absolute Gasteiger partial charge is 0.236 e. The van der Waals surface area contributed by atoms with E-state index in [4.69, 9.17) is 4.42 Å². The van der Waals surface area contributed by atoms with E-state index < -0.39 is 0 Å². The van der Waals surface area contributed by atoms with Crippen LogP contribution in [0.1, 0.15) is 18.5 Å². The van der Waals surface area contributed by atoms with Crippen molar-refractivity contribution >= 4 is 36.2 Å². The van der Waals surface area contributed by atoms with Crippen molar-refractivity contribution in [1.29, 1.82) is 0 Å². The van der Waals surface area contributed by atoms with Gasteiger partial charge in [-0.25, -0.2) is 4.98 Å². The molecule has 4 nitrogen and oxygen atoms in total. The highest BCUT2D eigenvalue weighted by atomic mass is 35.5. The molecule has 0 unspecified atom stereocenters. The van der Waals surface area contributed by atoms with Crippen LogP contribution in [-0.4, -0.2) is 36.6 Å². The van der Waals surface area contributed by atoms with E-state index in [1.165, 1.54) is 12.8 Å². The number of oxazole rings is 1. The highest BCUT2D eigenvalue weighted by Gasteiger charge is 2.19. The van der Waals surface area contributed by atoms with E-state index in [0.29, 0.717) is 0 Å². The van der Waals surface area contributed by atoms with Crippen LogP contribution in [0.5, 0.6) is 0 Å². The highest BCUT2D eigenvalue weighted by molar-refractivity contribution is 7.13. The van der Waals surface area contributed by atoms with Crippen LogP contribution in [-0.2, 0) is 6.54 Å². The predicted molar refractivity (Wildman–Crippen MR) is 96.2 cm³/mol. The SMILES string of the molecule is CNCC1CCN(Cc2coc(-c3cccs3)n2)CC1.Cl.Cl. The van der Waals surface area contributed by atoms with E-state index in [9.17, 15) is 0 Å². The number of likely N-dealkylation sites (tertiary alicyclic amines) is 1. The molecule has 0 radical (unpaired) electrons. The van der Waals surface area contributed by atoms with E-state index in [-0.39, 0.29) is 24.8 Å². The average molecular weight is 364 g/mol. The number of aromatic nitrogens is 1. The second-order valence-corrected chi connectivity index (χ2v) is 6.35. The van der Waals surface area contributed by atoms with E-state index in [2.05, 4.69) is 15.2 Å². The van der Waals surface area contributed by atoms with Gasteiger partial charge in [0.1, 0.15) is 6.26 Å². The Morgan fingerprint density at radius 2 is 2.14 bits per heavy atom. The first-order valence-corrected chi connectivity index (χ1v) is 8.08. The average Bonchev–Trinajstić information content (AvgIpc) is 3.12. The summed E-state index contributed by atoms with van der Waals surface area (Å²) in [5.41, 5.74) is 1.04. The molecule has 0 atom stereocenters. The Hall–Kier alpha value is -0.590. The lowest BCUT2D eigenvalue weighted by molar-refractivity contribution is 0.175. The molecule has 1 aliphatic heterocycles. The summed E-state index contributed by atoms with van der Waals surface area (Å²) in [5, 5.41) is 5.32. The van der Waals surface area contributed by atoms with Crippen LogP contribution in [0, 0.1) is 5.92 Å². The van der Waals surface area contributed by atoms with Crippen molar-refractivity contribution in [3.05, 3.63) is 29.5 Å². The maximum Gasteiger partial charge on any atom is 0.236 e. The molecular weight excluding hydrogens is 341 g/mol. The van der Waals surface area contributed by atoms with Gasteiger partial charge in [-0.2, -0.15) is 0 Å². The van der Waals surface area contributed by atoms with Crippen molar-refractivity contribution in [2.75, 3.05) is 26.7 Å². The summed E-state index contributed by atoms with van der Waals surface area (Å²) in [4.78, 5) is 8.17. The Morgan fingerprint density at radius 1 is 1.36 bits per heavy atom. The Balaban J connectivity index is 0.00000121. The van der Waals surface area contributed by atoms with Crippen molar-refractivity contribution in [3.63, 3.8) is 0 Å². The normalized spacial score (nSPS) is 16.0. The Bertz CT molecular complexity index is 525. The minimum atomic E-state index is 0. The van der Waals surface area contributed by atoms with Gasteiger partial charge in [0.15, 0.2) is 0 Å². The third-order valence-corrected chi connectivity index (χ3v) is 4.73. The van der Waals surface area contributed by atoms with Crippen LogP contribution >= 0.6 is 36.2 Å². The number of nitrogens with zero attached hydrogens (tertiary/aromatic N) is 2. The number of thiophene rings is 1. The maximum atomic E-state index is 5.57. The van der Waals surface area contributed by atoms with Gasteiger partial charge in [0.05, 0.1) is 10.6 Å². The van der Waals surface area contributed by atoms with Crippen molar-refractivity contribution in [2.45, 2.75) is 19.4 Å². The molecular formula is C15H23Cl2N3OS. The lowest BCUT2D eigenvalue weighted by Gasteiger charge is -2.31. The first kappa shape index (κ1) is 19.5. The van der Waals surface area contributed by atoms with E-state index >= 15 is 0 Å². The molecule has 1 saturated heterocycles. The monoisotopic (exact) mass is 363 g/mol. The van der Waals surface area contributed by atoms with E-state index in [1.54, 1.807) is 17.6 Å². The van der Waals surface area contributed by atoms with E-state index in [1.807, 2.05) is 24.6 Å². The first-order valence-electron chi connectivity index (χ1n) is 7.20. The van der Waals surface area contributed by atoms with Gasteiger partial charge < -0.3 is 9.73 Å². The molecule has 1 fully saturated rings. The molecule has 2 aromatic rings. The number of hydrogen-bond acceptors (Lipinski definition) is 5. The molecule has 0 aromatic carbocycles. The van der Waals surface area contributed by atoms with Crippen LogP contribution in [0.3, 0.4) is 0 Å². The summed E-state index contributed by atoms with van der Waals surface area (Å²) >= 11 is 1.66. The standard InChI is InChI=1S/C15H21N3OS.2ClH/c1-16-9-12-4-6-18(7-5-12)10-13-11-19-15(17-13)14-3-2-8-20-14;;/h2-3,8,11-12,16H,4-7,9-10H2,1H3;2*1H. The minimum absolute atomic E-state index is 0. The second-order valence-electron chi connectivity index (χ2n) is 5.40. The van der Waals surface area contributed by atoms with Crippen LogP contribution in [0.15, 0.2) is 28.2 Å². The van der Waals surface area contributed by atoms with Crippen LogP contribution in [0.25, 0.3) is 10.8 Å². The van der Waals surface area contributed by atoms with Crippen molar-refractivity contribution in [1.82, 2.24) is 15.2 Å². The van der Waals surface area contributed by atoms with Gasteiger partial charge in [-0.1, -0.05) is 6.07 Å². The molecule has 3 heterocycles.